The Kier molecular flexibility index (Phi) is 6.23. The molecule has 2 aliphatic rings. The molecule has 2 aromatic rings. The van der Waals surface area contributed by atoms with Crippen molar-refractivity contribution in [2.75, 3.05) is 0 Å². The van der Waals surface area contributed by atoms with E-state index in [1.165, 1.54) is 37.4 Å². The molecule has 1 amide bonds. The van der Waals surface area contributed by atoms with Crippen LogP contribution in [0.25, 0.3) is 11.4 Å². The first kappa shape index (κ1) is 20.4. The zero-order valence-electron chi connectivity index (χ0n) is 17.5. The molecule has 0 aliphatic heterocycles. The van der Waals surface area contributed by atoms with Crippen molar-refractivity contribution in [1.29, 1.82) is 0 Å². The number of thioether (sulfide) groups is 1. The fourth-order valence-corrected chi connectivity index (χ4v) is 5.97. The van der Waals surface area contributed by atoms with E-state index >= 15 is 0 Å². The van der Waals surface area contributed by atoms with Gasteiger partial charge in [-0.2, -0.15) is 0 Å². The van der Waals surface area contributed by atoms with Crippen LogP contribution in [0.1, 0.15) is 52.9 Å². The maximum absolute atomic E-state index is 12.9. The minimum absolute atomic E-state index is 0.0989. The van der Waals surface area contributed by atoms with E-state index in [1.807, 2.05) is 19.1 Å². The number of nitrogens with one attached hydrogen (secondary N) is 1. The SMILES string of the molecule is CCCn1c(SC(C)C(=O)NC(C)C2CC3CCC2C3)nnc1-c1ccncc1. The molecule has 0 aromatic carbocycles. The summed E-state index contributed by atoms with van der Waals surface area (Å²) in [5.41, 5.74) is 0.995. The van der Waals surface area contributed by atoms with Gasteiger partial charge in [-0.05, 0) is 69.4 Å². The molecular weight excluding hydrogens is 382 g/mol. The number of pyridine rings is 1. The van der Waals surface area contributed by atoms with Crippen LogP contribution >= 0.6 is 11.8 Å². The fraction of sp³-hybridized carbons (Fsp3) is 0.636. The highest BCUT2D eigenvalue weighted by Gasteiger charge is 2.42. The first-order valence-corrected chi connectivity index (χ1v) is 11.7. The van der Waals surface area contributed by atoms with Crippen molar-refractivity contribution >= 4 is 17.7 Å². The summed E-state index contributed by atoms with van der Waals surface area (Å²) in [6.45, 7) is 7.10. The van der Waals surface area contributed by atoms with Crippen molar-refractivity contribution in [2.45, 2.75) is 75.9 Å². The molecule has 0 saturated heterocycles. The summed E-state index contributed by atoms with van der Waals surface area (Å²) >= 11 is 1.50. The molecular formula is C22H31N5OS. The number of nitrogens with zero attached hydrogens (tertiary/aromatic N) is 4. The van der Waals surface area contributed by atoms with Gasteiger partial charge in [0.25, 0.3) is 0 Å². The van der Waals surface area contributed by atoms with Crippen molar-refractivity contribution < 1.29 is 4.79 Å². The lowest BCUT2D eigenvalue weighted by molar-refractivity contribution is -0.121. The van der Waals surface area contributed by atoms with Gasteiger partial charge in [0, 0.05) is 30.5 Å². The summed E-state index contributed by atoms with van der Waals surface area (Å²) in [7, 11) is 0. The van der Waals surface area contributed by atoms with Crippen LogP contribution in [0, 0.1) is 17.8 Å². The Balaban J connectivity index is 1.41. The molecule has 5 unspecified atom stereocenters. The van der Waals surface area contributed by atoms with Gasteiger partial charge in [0.15, 0.2) is 11.0 Å². The summed E-state index contributed by atoms with van der Waals surface area (Å²) in [6, 6.07) is 4.14. The lowest BCUT2D eigenvalue weighted by Crippen LogP contribution is -2.43. The molecule has 2 aromatic heterocycles. The van der Waals surface area contributed by atoms with E-state index in [0.29, 0.717) is 5.92 Å². The average Bonchev–Trinajstić information content (AvgIpc) is 3.45. The van der Waals surface area contributed by atoms with Crippen LogP contribution < -0.4 is 5.32 Å². The summed E-state index contributed by atoms with van der Waals surface area (Å²) in [5, 5.41) is 12.7. The number of carbonyl (C=O) groups is 1. The smallest absolute Gasteiger partial charge is 0.233 e. The first-order valence-electron chi connectivity index (χ1n) is 10.9. The lowest BCUT2D eigenvalue weighted by atomic mass is 9.84. The fourth-order valence-electron chi connectivity index (χ4n) is 5.08. The maximum atomic E-state index is 12.9. The lowest BCUT2D eigenvalue weighted by Gasteiger charge is -2.29. The Morgan fingerprint density at radius 2 is 2.03 bits per heavy atom. The molecule has 0 spiro atoms. The van der Waals surface area contributed by atoms with Gasteiger partial charge in [-0.25, -0.2) is 0 Å². The van der Waals surface area contributed by atoms with Crippen molar-refractivity contribution in [1.82, 2.24) is 25.1 Å². The standard InChI is InChI=1S/C22H31N5OS/c1-4-11-27-20(17-7-9-23-10-8-17)25-26-22(27)29-15(3)21(28)24-14(2)19-13-16-5-6-18(19)12-16/h7-10,14-16,18-19H,4-6,11-13H2,1-3H3,(H,24,28). The van der Waals surface area contributed by atoms with Crippen LogP contribution in [0.4, 0.5) is 0 Å². The van der Waals surface area contributed by atoms with Crippen molar-refractivity contribution in [3.05, 3.63) is 24.5 Å². The Morgan fingerprint density at radius 1 is 1.24 bits per heavy atom. The van der Waals surface area contributed by atoms with Crippen molar-refractivity contribution in [2.24, 2.45) is 17.8 Å². The molecule has 7 heteroatoms. The number of carbonyl (C=O) groups excluding carboxylic acids is 1. The molecule has 2 fully saturated rings. The van der Waals surface area contributed by atoms with E-state index in [1.54, 1.807) is 12.4 Å². The average molecular weight is 414 g/mol. The third-order valence-corrected chi connectivity index (χ3v) is 7.64. The molecule has 5 atom stereocenters. The van der Waals surface area contributed by atoms with Crippen molar-refractivity contribution in [3.8, 4) is 11.4 Å². The van der Waals surface area contributed by atoms with E-state index in [4.69, 9.17) is 0 Å². The highest BCUT2D eigenvalue weighted by Crippen LogP contribution is 2.49. The molecule has 2 saturated carbocycles. The van der Waals surface area contributed by atoms with Gasteiger partial charge in [-0.3, -0.25) is 9.78 Å². The first-order chi connectivity index (χ1) is 14.1. The summed E-state index contributed by atoms with van der Waals surface area (Å²) < 4.78 is 2.11. The maximum Gasteiger partial charge on any atom is 0.233 e. The molecule has 2 heterocycles. The number of rotatable bonds is 8. The molecule has 29 heavy (non-hydrogen) atoms. The second kappa shape index (κ2) is 8.86. The van der Waals surface area contributed by atoms with E-state index in [2.05, 4.69) is 38.9 Å². The van der Waals surface area contributed by atoms with Gasteiger partial charge in [0.05, 0.1) is 5.25 Å². The van der Waals surface area contributed by atoms with E-state index in [9.17, 15) is 4.79 Å². The molecule has 2 aliphatic carbocycles. The van der Waals surface area contributed by atoms with Gasteiger partial charge in [-0.1, -0.05) is 25.1 Å². The second-order valence-electron chi connectivity index (χ2n) is 8.59. The Morgan fingerprint density at radius 3 is 2.69 bits per heavy atom. The van der Waals surface area contributed by atoms with Gasteiger partial charge in [-0.15, -0.1) is 10.2 Å². The van der Waals surface area contributed by atoms with E-state index < -0.39 is 0 Å². The van der Waals surface area contributed by atoms with Crippen molar-refractivity contribution in [3.63, 3.8) is 0 Å². The topological polar surface area (TPSA) is 72.7 Å². The Hall–Kier alpha value is -1.89. The summed E-state index contributed by atoms with van der Waals surface area (Å²) in [5.74, 6) is 3.29. The molecule has 1 N–H and O–H groups in total. The minimum Gasteiger partial charge on any atom is -0.352 e. The van der Waals surface area contributed by atoms with Gasteiger partial charge < -0.3 is 9.88 Å². The van der Waals surface area contributed by atoms with E-state index in [0.717, 1.165) is 41.3 Å². The van der Waals surface area contributed by atoms with Gasteiger partial charge in [0.2, 0.25) is 5.91 Å². The Bertz CT molecular complexity index is 839. The predicted octanol–water partition coefficient (Wildman–Crippen LogP) is 4.17. The monoisotopic (exact) mass is 413 g/mol. The number of amides is 1. The van der Waals surface area contributed by atoms with Gasteiger partial charge in [0.1, 0.15) is 0 Å². The molecule has 4 rings (SSSR count). The minimum atomic E-state index is -0.207. The van der Waals surface area contributed by atoms with Crippen LogP contribution in [0.3, 0.4) is 0 Å². The van der Waals surface area contributed by atoms with Gasteiger partial charge >= 0.3 is 0 Å². The Labute approximate surface area is 177 Å². The quantitative estimate of drug-likeness (QED) is 0.658. The zero-order valence-corrected chi connectivity index (χ0v) is 18.4. The number of hydrogen-bond acceptors (Lipinski definition) is 5. The highest BCUT2D eigenvalue weighted by atomic mass is 32.2. The number of hydrogen-bond donors (Lipinski definition) is 1. The summed E-state index contributed by atoms with van der Waals surface area (Å²) in [4.78, 5) is 17.0. The van der Waals surface area contributed by atoms with Crippen LogP contribution in [-0.2, 0) is 11.3 Å². The number of aromatic nitrogens is 4. The molecule has 0 radical (unpaired) electrons. The van der Waals surface area contributed by atoms with Crippen LogP contribution in [0.5, 0.6) is 0 Å². The molecule has 156 valence electrons. The number of fused-ring (bicyclic) bond motifs is 2. The molecule has 6 nitrogen and oxygen atoms in total. The third kappa shape index (κ3) is 4.34. The van der Waals surface area contributed by atoms with Crippen LogP contribution in [0.15, 0.2) is 29.7 Å². The predicted molar refractivity (Wildman–Crippen MR) is 115 cm³/mol. The van der Waals surface area contributed by atoms with Crippen LogP contribution in [-0.4, -0.2) is 36.9 Å². The zero-order chi connectivity index (χ0) is 20.4. The summed E-state index contributed by atoms with van der Waals surface area (Å²) in [6.07, 6.45) is 9.89. The third-order valence-electron chi connectivity index (χ3n) is 6.56. The van der Waals surface area contributed by atoms with Crippen LogP contribution in [0.2, 0.25) is 0 Å². The highest BCUT2D eigenvalue weighted by molar-refractivity contribution is 8.00. The largest absolute Gasteiger partial charge is 0.352 e. The second-order valence-corrected chi connectivity index (χ2v) is 9.90. The normalized spacial score (nSPS) is 25.1. The molecule has 2 bridgehead atoms. The van der Waals surface area contributed by atoms with E-state index in [-0.39, 0.29) is 17.2 Å².